The average Bonchev–Trinajstić information content (AvgIpc) is 2.71. The molecule has 0 saturated carbocycles. The lowest BCUT2D eigenvalue weighted by atomic mass is 9.82. The minimum absolute atomic E-state index is 0.373. The van der Waals surface area contributed by atoms with Crippen molar-refractivity contribution in [1.82, 2.24) is 10.0 Å². The Balaban J connectivity index is 1.59. The zero-order chi connectivity index (χ0) is 22.6. The molecule has 1 aliphatic heterocycles. The molecular formula is C22H27ClN2O5S. The number of halogens is 1. The number of amides is 1. The maximum Gasteiger partial charge on any atom is 0.235 e. The molecule has 0 aromatic heterocycles. The third-order valence-corrected chi connectivity index (χ3v) is 6.89. The molecule has 2 aromatic rings. The number of rotatable bonds is 8. The normalized spacial score (nSPS) is 19.9. The van der Waals surface area contributed by atoms with Crippen LogP contribution in [0.15, 0.2) is 48.5 Å². The van der Waals surface area contributed by atoms with Crippen molar-refractivity contribution in [2.24, 2.45) is 0 Å². The van der Waals surface area contributed by atoms with Gasteiger partial charge >= 0.3 is 0 Å². The van der Waals surface area contributed by atoms with Crippen LogP contribution in [-0.4, -0.2) is 50.0 Å². The van der Waals surface area contributed by atoms with Gasteiger partial charge in [-0.05, 0) is 44.0 Å². The van der Waals surface area contributed by atoms with Crippen LogP contribution >= 0.6 is 11.6 Å². The van der Waals surface area contributed by atoms with Crippen molar-refractivity contribution in [3.63, 3.8) is 0 Å². The number of hydrogen-bond acceptors (Lipinski definition) is 5. The summed E-state index contributed by atoms with van der Waals surface area (Å²) in [6.45, 7) is 3.43. The topological polar surface area (TPSA) is 105 Å². The summed E-state index contributed by atoms with van der Waals surface area (Å²) in [6.07, 6.45) is -0.421. The minimum atomic E-state index is -3.86. The van der Waals surface area contributed by atoms with E-state index in [1.165, 1.54) is 0 Å². The predicted molar refractivity (Wildman–Crippen MR) is 120 cm³/mol. The summed E-state index contributed by atoms with van der Waals surface area (Å²) in [5, 5.41) is 13.9. The molecule has 31 heavy (non-hydrogen) atoms. The molecule has 168 valence electrons. The minimum Gasteiger partial charge on any atom is -0.485 e. The molecule has 0 spiro atoms. The molecule has 1 amide bonds. The fourth-order valence-corrected chi connectivity index (χ4v) is 5.09. The van der Waals surface area contributed by atoms with E-state index in [1.54, 1.807) is 32.0 Å². The molecule has 0 radical (unpaired) electrons. The van der Waals surface area contributed by atoms with Gasteiger partial charge in [0.15, 0.2) is 0 Å². The van der Waals surface area contributed by atoms with Crippen LogP contribution in [0.3, 0.4) is 0 Å². The lowest BCUT2D eigenvalue weighted by Crippen LogP contribution is -2.51. The molecule has 3 N–H and O–H groups in total. The second-order valence-electron chi connectivity index (χ2n) is 8.13. The van der Waals surface area contributed by atoms with Crippen molar-refractivity contribution in [3.05, 3.63) is 64.7 Å². The maximum absolute atomic E-state index is 12.7. The highest BCUT2D eigenvalue weighted by molar-refractivity contribution is 7.89. The van der Waals surface area contributed by atoms with E-state index in [0.717, 1.165) is 5.56 Å². The molecule has 0 fully saturated rings. The first kappa shape index (κ1) is 23.5. The first-order valence-corrected chi connectivity index (χ1v) is 12.0. The number of benzene rings is 2. The highest BCUT2D eigenvalue weighted by Crippen LogP contribution is 2.42. The number of aliphatic hydroxyl groups is 1. The molecule has 0 saturated heterocycles. The van der Waals surface area contributed by atoms with E-state index >= 15 is 0 Å². The summed E-state index contributed by atoms with van der Waals surface area (Å²) in [5.74, 6) is -1.09. The van der Waals surface area contributed by atoms with E-state index in [2.05, 4.69) is 10.0 Å². The van der Waals surface area contributed by atoms with Crippen molar-refractivity contribution in [1.29, 1.82) is 0 Å². The Morgan fingerprint density at radius 2 is 1.90 bits per heavy atom. The van der Waals surface area contributed by atoms with E-state index < -0.39 is 39.3 Å². The van der Waals surface area contributed by atoms with Gasteiger partial charge in [0.2, 0.25) is 15.9 Å². The van der Waals surface area contributed by atoms with Crippen molar-refractivity contribution >= 4 is 27.5 Å². The third kappa shape index (κ3) is 6.20. The Hall–Kier alpha value is -2.13. The van der Waals surface area contributed by atoms with Gasteiger partial charge in [-0.1, -0.05) is 41.9 Å². The molecule has 9 heteroatoms. The number of hydrogen-bond donors (Lipinski definition) is 3. The van der Waals surface area contributed by atoms with Crippen molar-refractivity contribution in [2.45, 2.75) is 37.9 Å². The van der Waals surface area contributed by atoms with Gasteiger partial charge < -0.3 is 15.2 Å². The van der Waals surface area contributed by atoms with E-state index in [9.17, 15) is 18.3 Å². The number of ether oxygens (including phenoxy) is 1. The van der Waals surface area contributed by atoms with Gasteiger partial charge in [-0.3, -0.25) is 4.79 Å². The summed E-state index contributed by atoms with van der Waals surface area (Å²) in [7, 11) is -3.86. The number of nitrogens with one attached hydrogen (secondary N) is 2. The second-order valence-corrected chi connectivity index (χ2v) is 10.4. The summed E-state index contributed by atoms with van der Waals surface area (Å²) in [4.78, 5) is 12.1. The molecule has 1 heterocycles. The van der Waals surface area contributed by atoms with Crippen LogP contribution in [-0.2, 0) is 21.2 Å². The van der Waals surface area contributed by atoms with Gasteiger partial charge in [-0.15, -0.1) is 0 Å². The van der Waals surface area contributed by atoms with Gasteiger partial charge in [-0.25, -0.2) is 13.1 Å². The number of aliphatic hydroxyl groups excluding tert-OH is 1. The maximum atomic E-state index is 12.7. The Morgan fingerprint density at radius 3 is 2.61 bits per heavy atom. The van der Waals surface area contributed by atoms with E-state index in [4.69, 9.17) is 16.3 Å². The van der Waals surface area contributed by atoms with Crippen LogP contribution in [0.1, 0.15) is 30.9 Å². The predicted octanol–water partition coefficient (Wildman–Crippen LogP) is 2.23. The third-order valence-electron chi connectivity index (χ3n) is 5.27. The van der Waals surface area contributed by atoms with Crippen LogP contribution in [0.25, 0.3) is 0 Å². The van der Waals surface area contributed by atoms with E-state index in [1.807, 2.05) is 30.3 Å². The van der Waals surface area contributed by atoms with Crippen LogP contribution in [0.2, 0.25) is 5.02 Å². The fraction of sp³-hybridized carbons (Fsp3) is 0.409. The summed E-state index contributed by atoms with van der Waals surface area (Å²) in [5.41, 5.74) is 0.629. The first-order chi connectivity index (χ1) is 14.6. The zero-order valence-electron chi connectivity index (χ0n) is 17.5. The van der Waals surface area contributed by atoms with Gasteiger partial charge in [0.05, 0.1) is 12.3 Å². The second kappa shape index (κ2) is 9.56. The van der Waals surface area contributed by atoms with Crippen molar-refractivity contribution in [2.75, 3.05) is 18.8 Å². The van der Waals surface area contributed by atoms with Gasteiger partial charge in [-0.2, -0.15) is 0 Å². The van der Waals surface area contributed by atoms with Gasteiger partial charge in [0, 0.05) is 23.0 Å². The lowest BCUT2D eigenvalue weighted by molar-refractivity contribution is -0.119. The Morgan fingerprint density at radius 1 is 1.19 bits per heavy atom. The standard InChI is InChI=1S/C22H27ClN2O5S/c1-22(2)21(27)18(17-12-16(23)8-9-19(17)30-22)14-31(28,29)25-13-20(26)24-11-10-15-6-4-3-5-7-15/h3-9,12,18,21,25,27H,10-11,13-14H2,1-2H3,(H,24,26). The van der Waals surface area contributed by atoms with Gasteiger partial charge in [0.1, 0.15) is 17.5 Å². The highest BCUT2D eigenvalue weighted by Gasteiger charge is 2.44. The Labute approximate surface area is 187 Å². The molecular weight excluding hydrogens is 440 g/mol. The number of fused-ring (bicyclic) bond motifs is 1. The summed E-state index contributed by atoms with van der Waals surface area (Å²) in [6, 6.07) is 14.6. The lowest BCUT2D eigenvalue weighted by Gasteiger charge is -2.42. The van der Waals surface area contributed by atoms with E-state index in [-0.39, 0.29) is 6.54 Å². The quantitative estimate of drug-likeness (QED) is 0.553. The monoisotopic (exact) mass is 466 g/mol. The van der Waals surface area contributed by atoms with Crippen LogP contribution in [0.4, 0.5) is 0 Å². The van der Waals surface area contributed by atoms with Crippen LogP contribution < -0.4 is 14.8 Å². The molecule has 2 unspecified atom stereocenters. The number of sulfonamides is 1. The van der Waals surface area contributed by atoms with Crippen molar-refractivity contribution in [3.8, 4) is 5.75 Å². The van der Waals surface area contributed by atoms with Gasteiger partial charge in [0.25, 0.3) is 0 Å². The molecule has 2 atom stereocenters. The van der Waals surface area contributed by atoms with Crippen LogP contribution in [0.5, 0.6) is 5.75 Å². The smallest absolute Gasteiger partial charge is 0.235 e. The van der Waals surface area contributed by atoms with Crippen LogP contribution in [0, 0.1) is 0 Å². The average molecular weight is 467 g/mol. The fourth-order valence-electron chi connectivity index (χ4n) is 3.61. The Bertz CT molecular complexity index is 1030. The zero-order valence-corrected chi connectivity index (χ0v) is 19.0. The molecule has 1 aliphatic rings. The highest BCUT2D eigenvalue weighted by atomic mass is 35.5. The molecule has 0 aliphatic carbocycles. The van der Waals surface area contributed by atoms with E-state index in [0.29, 0.717) is 29.3 Å². The summed E-state index contributed by atoms with van der Waals surface area (Å²) >= 11 is 6.07. The number of carbonyl (C=O) groups excluding carboxylic acids is 1. The molecule has 2 aromatic carbocycles. The first-order valence-electron chi connectivity index (χ1n) is 10.0. The number of carbonyl (C=O) groups is 1. The molecule has 0 bridgehead atoms. The van der Waals surface area contributed by atoms with Crippen molar-refractivity contribution < 1.29 is 23.1 Å². The Kier molecular flexibility index (Phi) is 7.26. The molecule has 7 nitrogen and oxygen atoms in total. The summed E-state index contributed by atoms with van der Waals surface area (Å²) < 4.78 is 33.5. The largest absolute Gasteiger partial charge is 0.485 e. The SMILES string of the molecule is CC1(C)Oc2ccc(Cl)cc2C(CS(=O)(=O)NCC(=O)NCCc2ccccc2)C1O. The molecule has 3 rings (SSSR count).